The number of piperidine rings is 1. The molecule has 4 rings (SSSR count). The van der Waals surface area contributed by atoms with Gasteiger partial charge in [0.25, 0.3) is 0 Å². The molecule has 1 aliphatic rings. The molecule has 6 nitrogen and oxygen atoms in total. The van der Waals surface area contributed by atoms with Crippen LogP contribution in [0.4, 0.5) is 5.82 Å². The minimum Gasteiger partial charge on any atom is -0.365 e. The Bertz CT molecular complexity index is 895. The molecule has 0 aromatic carbocycles. The van der Waals surface area contributed by atoms with Crippen LogP contribution in [0.2, 0.25) is 0 Å². The highest BCUT2D eigenvalue weighted by Gasteiger charge is 2.14. The van der Waals surface area contributed by atoms with Crippen molar-refractivity contribution in [2.75, 3.05) is 18.4 Å². The predicted molar refractivity (Wildman–Crippen MR) is 109 cm³/mol. The molecule has 1 atom stereocenters. The van der Waals surface area contributed by atoms with Crippen LogP contribution in [0.15, 0.2) is 36.9 Å². The van der Waals surface area contributed by atoms with E-state index in [4.69, 9.17) is 4.98 Å². The summed E-state index contributed by atoms with van der Waals surface area (Å²) in [4.78, 5) is 13.8. The second kappa shape index (κ2) is 8.05. The van der Waals surface area contributed by atoms with Crippen LogP contribution in [-0.2, 0) is 6.42 Å². The van der Waals surface area contributed by atoms with Crippen molar-refractivity contribution in [3.63, 3.8) is 0 Å². The van der Waals surface area contributed by atoms with Crippen LogP contribution in [0.1, 0.15) is 38.7 Å². The van der Waals surface area contributed by atoms with Gasteiger partial charge >= 0.3 is 0 Å². The van der Waals surface area contributed by atoms with Crippen LogP contribution in [0, 0.1) is 5.92 Å². The number of imidazole rings is 1. The first-order valence-electron chi connectivity index (χ1n) is 9.94. The topological polar surface area (TPSA) is 67.1 Å². The lowest BCUT2D eigenvalue weighted by molar-refractivity contribution is 0.479. The van der Waals surface area contributed by atoms with Crippen molar-refractivity contribution in [3.05, 3.63) is 42.5 Å². The molecule has 27 heavy (non-hydrogen) atoms. The van der Waals surface area contributed by atoms with E-state index in [2.05, 4.69) is 57.2 Å². The van der Waals surface area contributed by atoms with Crippen LogP contribution in [0.5, 0.6) is 0 Å². The lowest BCUT2D eigenvalue weighted by atomic mass is 10.0. The molecule has 0 radical (unpaired) electrons. The predicted octanol–water partition coefficient (Wildman–Crippen LogP) is 3.54. The van der Waals surface area contributed by atoms with Crippen LogP contribution in [-0.4, -0.2) is 38.5 Å². The van der Waals surface area contributed by atoms with Crippen LogP contribution in [0.25, 0.3) is 17.0 Å². The van der Waals surface area contributed by atoms with Crippen molar-refractivity contribution in [1.82, 2.24) is 24.7 Å². The Morgan fingerprint density at radius 2 is 2.22 bits per heavy atom. The second-order valence-electron chi connectivity index (χ2n) is 7.82. The van der Waals surface area contributed by atoms with Crippen LogP contribution < -0.4 is 10.6 Å². The van der Waals surface area contributed by atoms with Gasteiger partial charge in [0.05, 0.1) is 24.3 Å². The molecule has 3 aromatic heterocycles. The van der Waals surface area contributed by atoms with Gasteiger partial charge in [-0.05, 0) is 55.8 Å². The summed E-state index contributed by atoms with van der Waals surface area (Å²) >= 11 is 0. The Morgan fingerprint density at radius 3 is 3.04 bits per heavy atom. The average Bonchev–Trinajstić information content (AvgIpc) is 3.11. The Labute approximate surface area is 160 Å². The van der Waals surface area contributed by atoms with Crippen molar-refractivity contribution in [1.29, 1.82) is 0 Å². The maximum absolute atomic E-state index is 4.78. The third kappa shape index (κ3) is 4.27. The number of anilines is 1. The third-order valence-corrected chi connectivity index (χ3v) is 5.13. The second-order valence-corrected chi connectivity index (χ2v) is 7.82. The number of aryl methyl sites for hydroxylation is 1. The first-order valence-corrected chi connectivity index (χ1v) is 9.94. The molecule has 0 amide bonds. The van der Waals surface area contributed by atoms with Gasteiger partial charge in [0.1, 0.15) is 17.2 Å². The summed E-state index contributed by atoms with van der Waals surface area (Å²) in [6, 6.07) is 4.77. The molecule has 1 fully saturated rings. The number of hydrogen-bond donors (Lipinski definition) is 2. The Balaban J connectivity index is 1.55. The third-order valence-electron chi connectivity index (χ3n) is 5.13. The van der Waals surface area contributed by atoms with Gasteiger partial charge in [-0.2, -0.15) is 0 Å². The Hall–Kier alpha value is -2.47. The van der Waals surface area contributed by atoms with Crippen molar-refractivity contribution in [3.8, 4) is 11.4 Å². The zero-order chi connectivity index (χ0) is 18.6. The summed E-state index contributed by atoms with van der Waals surface area (Å²) in [5, 5.41) is 6.92. The number of pyridine rings is 1. The SMILES string of the molecule is CC(C)CCc1ccn2c(-c3cncc(N[C@@H]4CCCNC4)n3)cnc2c1. The van der Waals surface area contributed by atoms with E-state index in [9.17, 15) is 0 Å². The van der Waals surface area contributed by atoms with Gasteiger partial charge in [-0.15, -0.1) is 0 Å². The van der Waals surface area contributed by atoms with Gasteiger partial charge in [-0.3, -0.25) is 9.38 Å². The molecule has 1 aliphatic heterocycles. The number of nitrogens with one attached hydrogen (secondary N) is 2. The molecule has 4 heterocycles. The summed E-state index contributed by atoms with van der Waals surface area (Å²) in [7, 11) is 0. The normalized spacial score (nSPS) is 17.5. The van der Waals surface area contributed by atoms with Crippen LogP contribution in [0.3, 0.4) is 0 Å². The number of aromatic nitrogens is 4. The Kier molecular flexibility index (Phi) is 5.34. The van der Waals surface area contributed by atoms with E-state index in [1.165, 1.54) is 18.4 Å². The maximum Gasteiger partial charge on any atom is 0.145 e. The molecule has 0 unspecified atom stereocenters. The van der Waals surface area contributed by atoms with E-state index in [1.54, 1.807) is 12.4 Å². The van der Waals surface area contributed by atoms with E-state index in [-0.39, 0.29) is 0 Å². The molecular weight excluding hydrogens is 336 g/mol. The van der Waals surface area contributed by atoms with Gasteiger partial charge in [0, 0.05) is 18.8 Å². The lowest BCUT2D eigenvalue weighted by Gasteiger charge is -2.24. The minimum atomic E-state index is 0.411. The lowest BCUT2D eigenvalue weighted by Crippen LogP contribution is -2.38. The monoisotopic (exact) mass is 364 g/mol. The van der Waals surface area contributed by atoms with Gasteiger partial charge in [-0.25, -0.2) is 9.97 Å². The molecule has 2 N–H and O–H groups in total. The molecule has 0 spiro atoms. The van der Waals surface area contributed by atoms with E-state index < -0.39 is 0 Å². The summed E-state index contributed by atoms with van der Waals surface area (Å²) in [5.41, 5.74) is 4.10. The zero-order valence-corrected chi connectivity index (χ0v) is 16.2. The van der Waals surface area contributed by atoms with Crippen molar-refractivity contribution < 1.29 is 0 Å². The number of hydrogen-bond acceptors (Lipinski definition) is 5. The quantitative estimate of drug-likeness (QED) is 0.700. The first kappa shape index (κ1) is 17.9. The average molecular weight is 364 g/mol. The van der Waals surface area contributed by atoms with E-state index in [0.29, 0.717) is 12.0 Å². The standard InChI is InChI=1S/C21H28N6/c1-15(2)5-6-16-7-9-27-19(13-24-21(27)10-16)18-12-23-14-20(26-18)25-17-4-3-8-22-11-17/h7,9-10,12-15,17,22H,3-6,8,11H2,1-2H3,(H,25,26)/t17-/m1/s1. The van der Waals surface area contributed by atoms with Gasteiger partial charge in [0.2, 0.25) is 0 Å². The summed E-state index contributed by atoms with van der Waals surface area (Å²) < 4.78 is 2.09. The van der Waals surface area contributed by atoms with Gasteiger partial charge < -0.3 is 10.6 Å². The van der Waals surface area contributed by atoms with Crippen molar-refractivity contribution in [2.45, 2.75) is 45.6 Å². The summed E-state index contributed by atoms with van der Waals surface area (Å²) in [5.74, 6) is 1.53. The first-order chi connectivity index (χ1) is 13.2. The van der Waals surface area contributed by atoms with E-state index in [1.807, 2.05) is 6.20 Å². The molecule has 1 saturated heterocycles. The molecule has 3 aromatic rings. The number of rotatable bonds is 6. The van der Waals surface area contributed by atoms with E-state index in [0.717, 1.165) is 48.8 Å². The van der Waals surface area contributed by atoms with E-state index >= 15 is 0 Å². The molecular formula is C21H28N6. The fourth-order valence-electron chi connectivity index (χ4n) is 3.57. The molecule has 142 valence electrons. The van der Waals surface area contributed by atoms with Gasteiger partial charge in [-0.1, -0.05) is 13.8 Å². The Morgan fingerprint density at radius 1 is 1.30 bits per heavy atom. The summed E-state index contributed by atoms with van der Waals surface area (Å²) in [6.45, 7) is 6.59. The largest absolute Gasteiger partial charge is 0.365 e. The maximum atomic E-state index is 4.78. The highest BCUT2D eigenvalue weighted by atomic mass is 15.1. The molecule has 0 bridgehead atoms. The van der Waals surface area contributed by atoms with Crippen molar-refractivity contribution >= 4 is 11.5 Å². The van der Waals surface area contributed by atoms with Crippen molar-refractivity contribution in [2.24, 2.45) is 5.92 Å². The summed E-state index contributed by atoms with van der Waals surface area (Å²) in [6.07, 6.45) is 12.2. The minimum absolute atomic E-state index is 0.411. The molecule has 0 aliphatic carbocycles. The smallest absolute Gasteiger partial charge is 0.145 e. The highest BCUT2D eigenvalue weighted by molar-refractivity contribution is 5.61. The number of nitrogens with zero attached hydrogens (tertiary/aromatic N) is 4. The zero-order valence-electron chi connectivity index (χ0n) is 16.2. The van der Waals surface area contributed by atoms with Crippen LogP contribution >= 0.6 is 0 Å². The fraction of sp³-hybridized carbons (Fsp3) is 0.476. The van der Waals surface area contributed by atoms with Gasteiger partial charge in [0.15, 0.2) is 0 Å². The number of fused-ring (bicyclic) bond motifs is 1. The molecule has 0 saturated carbocycles. The highest BCUT2D eigenvalue weighted by Crippen LogP contribution is 2.21. The fourth-order valence-corrected chi connectivity index (χ4v) is 3.57. The molecule has 6 heteroatoms.